The summed E-state index contributed by atoms with van der Waals surface area (Å²) in [6, 6.07) is 8.53. The maximum absolute atomic E-state index is 15.0. The Hall–Kier alpha value is -8.82. The van der Waals surface area contributed by atoms with Crippen molar-refractivity contribution < 1.29 is 119 Å². The zero-order valence-electron chi connectivity index (χ0n) is 70.7. The lowest BCUT2D eigenvalue weighted by molar-refractivity contribution is -0.175. The molecule has 0 unspecified atom stereocenters. The first kappa shape index (κ1) is 90.9. The smallest absolute Gasteiger partial charge is 0.307 e. The van der Waals surface area contributed by atoms with Crippen LogP contribution in [0.1, 0.15) is 195 Å². The largest absolute Gasteiger partial charge is 0.497 e. The van der Waals surface area contributed by atoms with E-state index in [9.17, 15) is 81.5 Å². The standard InChI is InChI=1S/2C44H56F3N3O10S/c2*1-25-9-6-7-10-27-21-44(27,41(54)49-61(55,56)43(24-45)14-15-43)22-35(51)34-19-29(23-50(34)39(53)32(26(2)17-25)20-36(52)60-42(3,4)40(46)47)59-38-31-13-12-28(57-5)18-33(31)30-11-8-16-58-37(30)48-38/h2*7,10,12-13,18,25-27,29,32,34,40H,6,8-9,11,14-17,19-24H2,1-5H3,(H,49,54)/b2*10-7-/t25-,26+,27+,29+,32-,34-,44+;25-,26-,27-,29-,32+,34+,44-/m01/s1. The molecule has 34 heteroatoms. The van der Waals surface area contributed by atoms with Crippen LogP contribution in [0.25, 0.3) is 21.5 Å². The van der Waals surface area contributed by atoms with Crippen LogP contribution in [-0.2, 0) is 80.7 Å². The van der Waals surface area contributed by atoms with Gasteiger partial charge in [0.1, 0.15) is 46.6 Å². The van der Waals surface area contributed by atoms with Gasteiger partial charge in [0.15, 0.2) is 22.8 Å². The number of esters is 2. The number of nitrogens with zero attached hydrogens (tertiary/aromatic N) is 4. The zero-order valence-corrected chi connectivity index (χ0v) is 72.3. The summed E-state index contributed by atoms with van der Waals surface area (Å²) in [5.41, 5.74) is -5.39. The molecule has 0 spiro atoms. The van der Waals surface area contributed by atoms with Crippen molar-refractivity contribution in [1.29, 1.82) is 0 Å². The van der Waals surface area contributed by atoms with Gasteiger partial charge < -0.3 is 47.7 Å². The molecule has 0 bridgehead atoms. The van der Waals surface area contributed by atoms with E-state index in [2.05, 4.69) is 9.44 Å². The minimum Gasteiger partial charge on any atom is -0.497 e. The molecular formula is C88H112F6N6O20S2. The van der Waals surface area contributed by atoms with E-state index in [1.807, 2.05) is 76.3 Å². The third-order valence-electron chi connectivity index (χ3n) is 26.9. The number of methoxy groups -OCH3 is 2. The van der Waals surface area contributed by atoms with Gasteiger partial charge in [-0.3, -0.25) is 47.8 Å². The minimum atomic E-state index is -4.40. The Balaban J connectivity index is 0.000000210. The highest BCUT2D eigenvalue weighted by Crippen LogP contribution is 2.60. The van der Waals surface area contributed by atoms with Gasteiger partial charge in [-0.05, 0) is 213 Å². The van der Waals surface area contributed by atoms with Gasteiger partial charge in [-0.15, -0.1) is 0 Å². The molecule has 4 aliphatic carbocycles. The van der Waals surface area contributed by atoms with E-state index in [1.165, 1.54) is 9.80 Å². The van der Waals surface area contributed by atoms with E-state index in [-0.39, 0.29) is 88.1 Å². The molecular weight excluding hydrogens is 1640 g/mol. The van der Waals surface area contributed by atoms with E-state index >= 15 is 0 Å². The third-order valence-corrected chi connectivity index (χ3v) is 31.1. The van der Waals surface area contributed by atoms with Crippen molar-refractivity contribution in [2.75, 3.05) is 53.9 Å². The second kappa shape index (κ2) is 35.7. The van der Waals surface area contributed by atoms with Crippen molar-refractivity contribution in [3.63, 3.8) is 0 Å². The fraction of sp³-hybridized carbons (Fsp3) is 0.659. The van der Waals surface area contributed by atoms with Crippen LogP contribution >= 0.6 is 0 Å². The Morgan fingerprint density at radius 1 is 0.566 bits per heavy atom. The van der Waals surface area contributed by atoms with E-state index in [4.69, 9.17) is 47.9 Å². The van der Waals surface area contributed by atoms with Gasteiger partial charge in [0.05, 0.1) is 88.1 Å². The number of nitrogens with one attached hydrogen (secondary N) is 2. The predicted molar refractivity (Wildman–Crippen MR) is 435 cm³/mol. The second-order valence-corrected chi connectivity index (χ2v) is 41.0. The topological polar surface area (TPSA) is 335 Å². The summed E-state index contributed by atoms with van der Waals surface area (Å²) in [5, 5.41) is 2.93. The molecule has 14 rings (SSSR count). The van der Waals surface area contributed by atoms with Gasteiger partial charge in [-0.1, -0.05) is 52.0 Å². The van der Waals surface area contributed by atoms with E-state index in [0.29, 0.717) is 98.6 Å². The molecule has 14 atom stereocenters. The van der Waals surface area contributed by atoms with Crippen molar-refractivity contribution in [1.82, 2.24) is 29.2 Å². The number of rotatable bonds is 22. The summed E-state index contributed by atoms with van der Waals surface area (Å²) < 4.78 is 184. The Morgan fingerprint density at radius 3 is 1.29 bits per heavy atom. The number of halogens is 6. The number of benzene rings is 2. The first-order valence-corrected chi connectivity index (χ1v) is 45.5. The van der Waals surface area contributed by atoms with Crippen molar-refractivity contribution in [2.45, 2.75) is 254 Å². The Labute approximate surface area is 707 Å². The van der Waals surface area contributed by atoms with Crippen molar-refractivity contribution in [2.24, 2.45) is 58.2 Å². The third kappa shape index (κ3) is 18.9. The molecule has 6 fully saturated rings. The van der Waals surface area contributed by atoms with E-state index in [1.54, 1.807) is 26.4 Å². The summed E-state index contributed by atoms with van der Waals surface area (Å²) in [5.74, 6) is -7.50. The molecule has 8 heterocycles. The fourth-order valence-corrected chi connectivity index (χ4v) is 21.4. The average Bonchev–Trinajstić information content (AvgIpc) is 1.56. The maximum atomic E-state index is 15.0. The predicted octanol–water partition coefficient (Wildman–Crippen LogP) is 12.9. The number of hydrogen-bond acceptors (Lipinski definition) is 22. The Morgan fingerprint density at radius 2 is 0.943 bits per heavy atom. The quantitative estimate of drug-likeness (QED) is 0.0419. The molecule has 26 nitrogen and oxygen atoms in total. The first-order chi connectivity index (χ1) is 57.7. The van der Waals surface area contributed by atoms with Crippen LogP contribution in [0.15, 0.2) is 60.7 Å². The van der Waals surface area contributed by atoms with Crippen LogP contribution in [0.3, 0.4) is 0 Å². The number of hydrogen-bond donors (Lipinski definition) is 2. The number of ketones is 2. The first-order valence-electron chi connectivity index (χ1n) is 42.5. The number of aromatic nitrogens is 2. The number of Topliss-reactive ketones (excluding diaryl/α,β-unsaturated/α-hetero) is 2. The molecule has 2 saturated heterocycles. The average molecular weight is 1750 g/mol. The molecule has 6 aliphatic heterocycles. The minimum absolute atomic E-state index is 0.0380. The summed E-state index contributed by atoms with van der Waals surface area (Å²) in [4.78, 5) is 127. The summed E-state index contributed by atoms with van der Waals surface area (Å²) in [6.45, 7) is 10.4. The number of carbonyl (C=O) groups is 8. The SMILES string of the molecule is COc1ccc2c(O[C@@H]3C[C@H]4C(=O)C[C@]5(C(=O)NS(=O)(=O)C6(CF)CC6)C[C@H]5/C=C\CC[C@@H](C)C[C@@H](C)[C@H](CC(=O)OC(C)(C)C(F)F)C(=O)N4C3)nc3c(c2c1)CCCO3.COc1ccc2c(O[C@@H]3C[C@H]4C(=O)C[C@]5(C(=O)NS(=O)(=O)C6(CF)CC6)C[C@H]5/C=C\CC[C@H](C)C[C@@H](C)[C@H](CC(=O)OC(C)(C)C(F)F)C(=O)N4C3)nc3c(c2c1)CCCO3. The fourth-order valence-electron chi connectivity index (χ4n) is 18.5. The maximum Gasteiger partial charge on any atom is 0.307 e. The number of allylic oxidation sites excluding steroid dienone is 4. The number of carbonyl (C=O) groups excluding carboxylic acids is 8. The van der Waals surface area contributed by atoms with Gasteiger partial charge in [0, 0.05) is 47.6 Å². The molecule has 4 saturated carbocycles. The number of pyridine rings is 2. The number of alkyl halides is 6. The lowest BCUT2D eigenvalue weighted by Gasteiger charge is -2.33. The Kier molecular flexibility index (Phi) is 26.6. The summed E-state index contributed by atoms with van der Waals surface area (Å²) >= 11 is 0. The van der Waals surface area contributed by atoms with Gasteiger partial charge >= 0.3 is 11.9 Å². The lowest BCUT2D eigenvalue weighted by Crippen LogP contribution is -2.48. The molecule has 2 aromatic carbocycles. The number of amides is 4. The molecule has 2 N–H and O–H groups in total. The van der Waals surface area contributed by atoms with Crippen LogP contribution in [0.4, 0.5) is 26.3 Å². The summed E-state index contributed by atoms with van der Waals surface area (Å²) in [6.07, 6.45) is 4.94. The van der Waals surface area contributed by atoms with Crippen LogP contribution in [-0.4, -0.2) is 195 Å². The normalized spacial score (nSPS) is 29.6. The highest BCUT2D eigenvalue weighted by Gasteiger charge is 2.66. The molecule has 668 valence electrons. The van der Waals surface area contributed by atoms with E-state index < -0.39 is 210 Å². The monoisotopic (exact) mass is 1750 g/mol. The zero-order chi connectivity index (χ0) is 88.1. The highest BCUT2D eigenvalue weighted by atomic mass is 32.2. The molecule has 2 aromatic heterocycles. The molecule has 122 heavy (non-hydrogen) atoms. The molecule has 4 amide bonds. The molecule has 0 radical (unpaired) electrons. The van der Waals surface area contributed by atoms with Crippen molar-refractivity contribution in [3.8, 4) is 35.0 Å². The van der Waals surface area contributed by atoms with Gasteiger partial charge in [0.2, 0.25) is 67.2 Å². The molecule has 4 aromatic rings. The second-order valence-electron chi connectivity index (χ2n) is 36.8. The van der Waals surface area contributed by atoms with Crippen molar-refractivity contribution in [3.05, 3.63) is 71.8 Å². The number of ether oxygens (including phenoxy) is 8. The lowest BCUT2D eigenvalue weighted by atomic mass is 9.82. The Bertz CT molecular complexity index is 4700. The van der Waals surface area contributed by atoms with Gasteiger partial charge in [-0.25, -0.2) is 43.2 Å². The van der Waals surface area contributed by atoms with Gasteiger partial charge in [0.25, 0.3) is 12.9 Å². The number of fused-ring (bicyclic) bond motifs is 10. The van der Waals surface area contributed by atoms with E-state index in [0.717, 1.165) is 62.4 Å². The van der Waals surface area contributed by atoms with Crippen molar-refractivity contribution >= 4 is 88.7 Å². The van der Waals surface area contributed by atoms with Crippen LogP contribution in [0, 0.1) is 58.2 Å². The summed E-state index contributed by atoms with van der Waals surface area (Å²) in [7, 11) is -5.68. The molecule has 10 aliphatic rings. The number of sulfonamides is 2. The number of aryl methyl sites for hydroxylation is 2. The highest BCUT2D eigenvalue weighted by molar-refractivity contribution is 7.92. The van der Waals surface area contributed by atoms with Crippen LogP contribution in [0.5, 0.6) is 35.0 Å². The van der Waals surface area contributed by atoms with Crippen LogP contribution < -0.4 is 37.9 Å². The van der Waals surface area contributed by atoms with Crippen LogP contribution in [0.2, 0.25) is 0 Å². The van der Waals surface area contributed by atoms with Gasteiger partial charge in [-0.2, -0.15) is 9.97 Å².